The van der Waals surface area contributed by atoms with Crippen molar-refractivity contribution in [2.24, 2.45) is 16.2 Å². The SMILES string of the molecule is CC1(C)COB(c2ccnc3c2cc(C(=O)NCc2ccc(Cl)cc2)c(=O)n3CC(=O)N2CC(C)(C)C2)OC1.Cc1ccc(-c2ccnc3c2cc(C(=O)NCc2ccc(Cl)cc2)c(=O)n3CC(=O)N2CC(C)(C)C2)nc1.Cc1ccc(Br)nc1. The highest BCUT2D eigenvalue weighted by molar-refractivity contribution is 9.10. The summed E-state index contributed by atoms with van der Waals surface area (Å²) in [5.74, 6) is -1.47. The van der Waals surface area contributed by atoms with Crippen molar-refractivity contribution in [2.75, 3.05) is 39.4 Å². The van der Waals surface area contributed by atoms with Crippen molar-refractivity contribution in [2.45, 2.75) is 81.6 Å². The van der Waals surface area contributed by atoms with Gasteiger partial charge in [-0.2, -0.15) is 0 Å². The van der Waals surface area contributed by atoms with Gasteiger partial charge in [0.15, 0.2) is 0 Å². The van der Waals surface area contributed by atoms with E-state index in [1.54, 1.807) is 95.1 Å². The third kappa shape index (κ3) is 15.3. The molecule has 440 valence electrons. The summed E-state index contributed by atoms with van der Waals surface area (Å²) in [4.78, 5) is 101. The predicted molar refractivity (Wildman–Crippen MR) is 334 cm³/mol. The molecule has 2 N–H and O–H groups in total. The Morgan fingerprint density at radius 3 is 1.46 bits per heavy atom. The molecule has 3 aliphatic rings. The minimum Gasteiger partial charge on any atom is -0.407 e. The number of carbonyl (C=O) groups excluding carboxylic acids is 4. The van der Waals surface area contributed by atoms with Crippen molar-refractivity contribution in [1.82, 2.24) is 49.5 Å². The topological polar surface area (TPSA) is 213 Å². The van der Waals surface area contributed by atoms with Gasteiger partial charge in [0.25, 0.3) is 22.9 Å². The van der Waals surface area contributed by atoms with Gasteiger partial charge in [-0.1, -0.05) is 101 Å². The minimum atomic E-state index is -0.689. The Labute approximate surface area is 511 Å². The Morgan fingerprint density at radius 1 is 0.576 bits per heavy atom. The van der Waals surface area contributed by atoms with Gasteiger partial charge < -0.3 is 29.7 Å². The van der Waals surface area contributed by atoms with E-state index in [-0.39, 0.29) is 65.4 Å². The number of amides is 4. The number of pyridine rings is 6. The van der Waals surface area contributed by atoms with Crippen LogP contribution in [0.2, 0.25) is 10.0 Å². The molecule has 6 aromatic heterocycles. The van der Waals surface area contributed by atoms with E-state index in [1.807, 2.05) is 44.3 Å². The van der Waals surface area contributed by atoms with Crippen molar-refractivity contribution in [3.63, 3.8) is 0 Å². The second-order valence-corrected chi connectivity index (χ2v) is 25.8. The van der Waals surface area contributed by atoms with Gasteiger partial charge in [-0.3, -0.25) is 42.9 Å². The van der Waals surface area contributed by atoms with Crippen molar-refractivity contribution in [3.8, 4) is 11.3 Å². The predicted octanol–water partition coefficient (Wildman–Crippen LogP) is 8.99. The molecule has 4 amide bonds. The summed E-state index contributed by atoms with van der Waals surface area (Å²) in [6.07, 6.45) is 6.74. The first-order chi connectivity index (χ1) is 40.3. The average molecular weight is 1250 g/mol. The summed E-state index contributed by atoms with van der Waals surface area (Å²) < 4.78 is 15.5. The molecule has 3 aliphatic heterocycles. The number of nitrogens with one attached hydrogen (secondary N) is 2. The van der Waals surface area contributed by atoms with E-state index in [9.17, 15) is 28.8 Å². The fraction of sp³-hybridized carbons (Fsp3) is 0.333. The number of benzene rings is 2. The van der Waals surface area contributed by atoms with Crippen molar-refractivity contribution < 1.29 is 28.5 Å². The zero-order valence-electron chi connectivity index (χ0n) is 48.7. The molecule has 85 heavy (non-hydrogen) atoms. The maximum atomic E-state index is 13.7. The average Bonchev–Trinajstić information content (AvgIpc) is 3.56. The number of likely N-dealkylation sites (tertiary alicyclic amines) is 2. The van der Waals surface area contributed by atoms with Crippen LogP contribution in [-0.2, 0) is 45.1 Å². The van der Waals surface area contributed by atoms with Gasteiger partial charge in [-0.15, -0.1) is 0 Å². The van der Waals surface area contributed by atoms with Gasteiger partial charge in [0.1, 0.15) is 40.1 Å². The highest BCUT2D eigenvalue weighted by atomic mass is 79.9. The number of halogens is 3. The van der Waals surface area contributed by atoms with Gasteiger partial charge in [0.2, 0.25) is 11.8 Å². The number of carbonyl (C=O) groups is 4. The molecule has 0 radical (unpaired) electrons. The molecule has 0 unspecified atom stereocenters. The molecular formula is C63H66BBrCl2N10O8. The monoisotopic (exact) mass is 1250 g/mol. The smallest absolute Gasteiger partial charge is 0.407 e. The molecule has 0 aliphatic carbocycles. The molecule has 3 fully saturated rings. The molecule has 0 spiro atoms. The number of aryl methyl sites for hydroxylation is 2. The molecule has 2 aromatic carbocycles. The molecule has 0 saturated carbocycles. The van der Waals surface area contributed by atoms with Crippen LogP contribution >= 0.6 is 39.1 Å². The summed E-state index contributed by atoms with van der Waals surface area (Å²) in [6, 6.07) is 28.5. The summed E-state index contributed by atoms with van der Waals surface area (Å²) in [5.41, 5.74) is 5.20. The highest BCUT2D eigenvalue weighted by Gasteiger charge is 2.40. The van der Waals surface area contributed by atoms with Crippen LogP contribution in [0.5, 0.6) is 0 Å². The highest BCUT2D eigenvalue weighted by Crippen LogP contribution is 2.31. The third-order valence-corrected chi connectivity index (χ3v) is 15.5. The Balaban J connectivity index is 0.000000180. The van der Waals surface area contributed by atoms with Gasteiger partial charge in [-0.25, -0.2) is 15.0 Å². The van der Waals surface area contributed by atoms with E-state index >= 15 is 0 Å². The van der Waals surface area contributed by atoms with Gasteiger partial charge in [0, 0.05) is 109 Å². The van der Waals surface area contributed by atoms with Crippen molar-refractivity contribution in [3.05, 3.63) is 191 Å². The maximum absolute atomic E-state index is 13.7. The number of fused-ring (bicyclic) bond motifs is 2. The molecule has 22 heteroatoms. The fourth-order valence-corrected chi connectivity index (χ4v) is 10.6. The van der Waals surface area contributed by atoms with E-state index in [0.29, 0.717) is 88.2 Å². The van der Waals surface area contributed by atoms with Crippen LogP contribution in [0.4, 0.5) is 0 Å². The van der Waals surface area contributed by atoms with E-state index in [1.165, 1.54) is 20.8 Å². The van der Waals surface area contributed by atoms with Gasteiger partial charge in [-0.05, 0) is 129 Å². The number of nitrogens with zero attached hydrogens (tertiary/aromatic N) is 8. The molecule has 18 nitrogen and oxygen atoms in total. The first-order valence-electron chi connectivity index (χ1n) is 27.7. The van der Waals surface area contributed by atoms with E-state index in [0.717, 1.165) is 21.3 Å². The van der Waals surface area contributed by atoms with Crippen molar-refractivity contribution in [1.29, 1.82) is 0 Å². The quantitative estimate of drug-likeness (QED) is 0.0867. The first-order valence-corrected chi connectivity index (χ1v) is 29.3. The maximum Gasteiger partial charge on any atom is 0.494 e. The number of aromatic nitrogens is 6. The van der Waals surface area contributed by atoms with E-state index < -0.39 is 30.1 Å². The molecule has 0 atom stereocenters. The Morgan fingerprint density at radius 2 is 1.02 bits per heavy atom. The second kappa shape index (κ2) is 25.9. The first kappa shape index (κ1) is 61.9. The lowest BCUT2D eigenvalue weighted by atomic mass is 9.74. The van der Waals surface area contributed by atoms with Crippen LogP contribution in [-0.4, -0.2) is 109 Å². The Bertz CT molecular complexity index is 3890. The Hall–Kier alpha value is -7.62. The molecule has 8 aromatic rings. The second-order valence-electron chi connectivity index (χ2n) is 24.1. The normalized spacial score (nSPS) is 15.5. The summed E-state index contributed by atoms with van der Waals surface area (Å²) >= 11 is 15.2. The van der Waals surface area contributed by atoms with Crippen LogP contribution < -0.4 is 27.2 Å². The number of hydrogen-bond acceptors (Lipinski definition) is 12. The zero-order chi connectivity index (χ0) is 61.0. The largest absolute Gasteiger partial charge is 0.494 e. The van der Waals surface area contributed by atoms with Crippen LogP contribution in [0.15, 0.2) is 136 Å². The summed E-state index contributed by atoms with van der Waals surface area (Å²) in [5, 5.41) is 7.91. The minimum absolute atomic E-state index is 0.0426. The zero-order valence-corrected chi connectivity index (χ0v) is 51.8. The van der Waals surface area contributed by atoms with Crippen LogP contribution in [0.25, 0.3) is 33.3 Å². The van der Waals surface area contributed by atoms with E-state index in [2.05, 4.69) is 88.0 Å². The Kier molecular flexibility index (Phi) is 18.9. The van der Waals surface area contributed by atoms with Gasteiger partial charge >= 0.3 is 7.12 Å². The van der Waals surface area contributed by atoms with Crippen LogP contribution in [0, 0.1) is 30.1 Å². The number of hydrogen-bond donors (Lipinski definition) is 2. The molecule has 0 bridgehead atoms. The molecule has 3 saturated heterocycles. The van der Waals surface area contributed by atoms with E-state index in [4.69, 9.17) is 32.5 Å². The van der Waals surface area contributed by atoms with Crippen LogP contribution in [0.3, 0.4) is 0 Å². The number of rotatable bonds is 12. The standard InChI is InChI=1S/C29H28ClN5O3.C28H32BClN4O5.C6H6BrN/c1-18-4-9-24(32-13-18)21-10-11-31-26-22(21)12-23(27(37)33-14-19-5-7-20(30)8-6-19)28(38)35(26)15-25(36)34-16-29(2,3)17-34;1-27(2)14-33(15-27)23(35)13-34-24-20(22(9-10-31-24)29-38-16-28(3,4)17-39-29)11-21(26(34)37)25(36)32-12-18-5-7-19(30)8-6-18;1-5-2-3-6(7)8-4-5/h4-13H,14-17H2,1-3H3,(H,33,37);5-11H,12-17H2,1-4H3,(H,32,36);2-4H,1H3. The summed E-state index contributed by atoms with van der Waals surface area (Å²) in [7, 11) is -0.689. The lowest BCUT2D eigenvalue weighted by molar-refractivity contribution is -0.142. The third-order valence-electron chi connectivity index (χ3n) is 14.6. The molecule has 9 heterocycles. The molecule has 11 rings (SSSR count). The van der Waals surface area contributed by atoms with Crippen LogP contribution in [0.1, 0.15) is 84.5 Å². The van der Waals surface area contributed by atoms with Crippen molar-refractivity contribution >= 4 is 97.4 Å². The fourth-order valence-electron chi connectivity index (χ4n) is 10.1. The lowest BCUT2D eigenvalue weighted by Crippen LogP contribution is -2.56. The van der Waals surface area contributed by atoms with Gasteiger partial charge in [0.05, 0.1) is 5.69 Å². The lowest BCUT2D eigenvalue weighted by Gasteiger charge is -2.45. The molecular weight excluding hydrogens is 1190 g/mol. The summed E-state index contributed by atoms with van der Waals surface area (Å²) in [6.45, 7) is 19.8.